The lowest BCUT2D eigenvalue weighted by Gasteiger charge is -2.39. The van der Waals surface area contributed by atoms with Crippen LogP contribution in [0.5, 0.6) is 0 Å². The van der Waals surface area contributed by atoms with E-state index < -0.39 is 5.95 Å². The Morgan fingerprint density at radius 3 is 2.42 bits per heavy atom. The predicted octanol–water partition coefficient (Wildman–Crippen LogP) is 4.38. The molecule has 11 nitrogen and oxygen atoms in total. The van der Waals surface area contributed by atoms with Crippen LogP contribution in [0.2, 0.25) is 0 Å². The van der Waals surface area contributed by atoms with Crippen molar-refractivity contribution in [2.75, 3.05) is 69.3 Å². The van der Waals surface area contributed by atoms with E-state index in [2.05, 4.69) is 16.2 Å². The number of nitriles is 1. The van der Waals surface area contributed by atoms with Crippen molar-refractivity contribution in [3.63, 3.8) is 0 Å². The zero-order valence-electron chi connectivity index (χ0n) is 23.5. The Labute approximate surface area is 250 Å². The van der Waals surface area contributed by atoms with Crippen molar-refractivity contribution in [2.24, 2.45) is 0 Å². The average molecular weight is 606 g/mol. The fourth-order valence-electron chi connectivity index (χ4n) is 5.63. The number of amides is 2. The van der Waals surface area contributed by atoms with E-state index in [1.807, 2.05) is 26.4 Å². The molecule has 1 aromatic carbocycles. The number of morpholine rings is 1. The molecule has 0 N–H and O–H groups in total. The van der Waals surface area contributed by atoms with E-state index in [0.29, 0.717) is 90.5 Å². The van der Waals surface area contributed by atoms with Gasteiger partial charge in [-0.25, -0.2) is 18.9 Å². The highest BCUT2D eigenvalue weighted by Crippen LogP contribution is 2.44. The zero-order chi connectivity index (χ0) is 29.7. The van der Waals surface area contributed by atoms with Crippen molar-refractivity contribution in [3.05, 3.63) is 47.0 Å². The fraction of sp³-hybridized carbons (Fsp3) is 0.414. The topological polar surface area (TPSA) is 107 Å². The number of halogens is 2. The number of nitrogens with zero attached hydrogens (tertiary/aromatic N) is 9. The van der Waals surface area contributed by atoms with Crippen LogP contribution in [0.3, 0.4) is 0 Å². The number of thiazole rings is 1. The standard InChI is InChI=1S/C29H29F2N9O2S/c1-36(28-33-24(23(17-32)43-28)18-2-4-19(30)5-3-18)27-21-16-22(25(31)34-26(21)35-40(27)20-6-7-20)37-8-10-38(11-9-37)29(41)39-12-14-42-15-13-39/h2-5,16,20H,6-15H2,1H3. The summed E-state index contributed by atoms with van der Waals surface area (Å²) in [7, 11) is 1.85. The number of rotatable bonds is 5. The van der Waals surface area contributed by atoms with E-state index in [1.165, 1.54) is 23.5 Å². The molecule has 0 bridgehead atoms. The summed E-state index contributed by atoms with van der Waals surface area (Å²) >= 11 is 1.23. The maximum absolute atomic E-state index is 15.5. The highest BCUT2D eigenvalue weighted by Gasteiger charge is 2.33. The van der Waals surface area contributed by atoms with E-state index in [9.17, 15) is 14.4 Å². The minimum Gasteiger partial charge on any atom is -0.378 e. The third-order valence-electron chi connectivity index (χ3n) is 8.10. The number of hydrogen-bond donors (Lipinski definition) is 0. The normalized spacial score (nSPS) is 17.4. The lowest BCUT2D eigenvalue weighted by Crippen LogP contribution is -2.55. The first-order valence-corrected chi connectivity index (χ1v) is 15.1. The molecule has 0 spiro atoms. The number of hydrogen-bond acceptors (Lipinski definition) is 9. The van der Waals surface area contributed by atoms with Gasteiger partial charge in [0.2, 0.25) is 5.95 Å². The second kappa shape index (κ2) is 11.1. The van der Waals surface area contributed by atoms with Crippen molar-refractivity contribution in [3.8, 4) is 17.3 Å². The number of carbonyl (C=O) groups is 1. The highest BCUT2D eigenvalue weighted by molar-refractivity contribution is 7.16. The summed E-state index contributed by atoms with van der Waals surface area (Å²) in [4.78, 5) is 29.8. The van der Waals surface area contributed by atoms with Crippen LogP contribution in [-0.4, -0.2) is 95.1 Å². The third kappa shape index (κ3) is 5.12. The van der Waals surface area contributed by atoms with Crippen molar-refractivity contribution in [1.29, 1.82) is 5.26 Å². The summed E-state index contributed by atoms with van der Waals surface area (Å²) in [6.45, 7) is 4.14. The van der Waals surface area contributed by atoms with E-state index in [1.54, 1.807) is 23.1 Å². The molecule has 7 rings (SSSR count). The summed E-state index contributed by atoms with van der Waals surface area (Å²) in [6.07, 6.45) is 1.90. The minimum atomic E-state index is -0.602. The molecule has 43 heavy (non-hydrogen) atoms. The van der Waals surface area contributed by atoms with E-state index >= 15 is 4.39 Å². The summed E-state index contributed by atoms with van der Waals surface area (Å²) in [5.41, 5.74) is 1.78. The van der Waals surface area contributed by atoms with Crippen molar-refractivity contribution in [1.82, 2.24) is 29.5 Å². The molecule has 14 heteroatoms. The molecule has 0 atom stereocenters. The number of pyridine rings is 1. The Bertz CT molecular complexity index is 1720. The van der Waals surface area contributed by atoms with Gasteiger partial charge in [0.1, 0.15) is 28.3 Å². The molecule has 2 amide bonds. The molecule has 3 aliphatic rings. The molecule has 5 heterocycles. The Morgan fingerprint density at radius 1 is 1.05 bits per heavy atom. The van der Waals surface area contributed by atoms with Gasteiger partial charge in [-0.15, -0.1) is 0 Å². The van der Waals surface area contributed by atoms with E-state index in [0.717, 1.165) is 18.7 Å². The molecule has 1 saturated carbocycles. The van der Waals surface area contributed by atoms with Gasteiger partial charge in [-0.1, -0.05) is 11.3 Å². The quantitative estimate of drug-likeness (QED) is 0.309. The third-order valence-corrected chi connectivity index (χ3v) is 9.14. The predicted molar refractivity (Wildman–Crippen MR) is 158 cm³/mol. The van der Waals surface area contributed by atoms with Crippen LogP contribution in [0.25, 0.3) is 22.3 Å². The Morgan fingerprint density at radius 2 is 1.74 bits per heavy atom. The van der Waals surface area contributed by atoms with Crippen LogP contribution in [0.4, 0.5) is 30.2 Å². The molecule has 3 aromatic heterocycles. The molecule has 2 saturated heterocycles. The molecule has 1 aliphatic carbocycles. The van der Waals surface area contributed by atoms with Gasteiger partial charge in [0.25, 0.3) is 0 Å². The van der Waals surface area contributed by atoms with Gasteiger partial charge in [0, 0.05) is 51.9 Å². The van der Waals surface area contributed by atoms with Gasteiger partial charge in [-0.05, 0) is 43.2 Å². The summed E-state index contributed by atoms with van der Waals surface area (Å²) < 4.78 is 36.2. The van der Waals surface area contributed by atoms with Crippen LogP contribution in [0.1, 0.15) is 23.8 Å². The molecular weight excluding hydrogens is 576 g/mol. The molecule has 3 fully saturated rings. The first-order valence-electron chi connectivity index (χ1n) is 14.3. The van der Waals surface area contributed by atoms with Crippen LogP contribution < -0.4 is 9.80 Å². The lowest BCUT2D eigenvalue weighted by atomic mass is 10.1. The second-order valence-corrected chi connectivity index (χ2v) is 11.9. The van der Waals surface area contributed by atoms with Crippen molar-refractivity contribution in [2.45, 2.75) is 18.9 Å². The molecule has 2 aliphatic heterocycles. The monoisotopic (exact) mass is 605 g/mol. The zero-order valence-corrected chi connectivity index (χ0v) is 24.4. The van der Waals surface area contributed by atoms with E-state index in [4.69, 9.17) is 9.72 Å². The highest BCUT2D eigenvalue weighted by atomic mass is 32.1. The number of piperazine rings is 1. The van der Waals surface area contributed by atoms with Gasteiger partial charge in [-0.3, -0.25) is 0 Å². The number of aromatic nitrogens is 4. The first-order chi connectivity index (χ1) is 20.9. The molecule has 4 aromatic rings. The van der Waals surface area contributed by atoms with Gasteiger partial charge in [0.15, 0.2) is 10.8 Å². The number of fused-ring (bicyclic) bond motifs is 1. The summed E-state index contributed by atoms with van der Waals surface area (Å²) in [5, 5.41) is 15.8. The minimum absolute atomic E-state index is 0.00758. The maximum atomic E-state index is 15.5. The number of urea groups is 1. The number of anilines is 3. The second-order valence-electron chi connectivity index (χ2n) is 10.9. The number of carbonyl (C=O) groups excluding carboxylic acids is 1. The molecular formula is C29H29F2N9O2S. The number of benzene rings is 1. The first kappa shape index (κ1) is 27.5. The van der Waals surface area contributed by atoms with E-state index in [-0.39, 0.29) is 17.9 Å². The molecule has 0 unspecified atom stereocenters. The van der Waals surface area contributed by atoms with Crippen LogP contribution in [0, 0.1) is 23.1 Å². The maximum Gasteiger partial charge on any atom is 0.320 e. The summed E-state index contributed by atoms with van der Waals surface area (Å²) in [5.74, 6) is -0.249. The average Bonchev–Trinajstić information content (AvgIpc) is 3.69. The Balaban J connectivity index is 1.20. The van der Waals surface area contributed by atoms with Gasteiger partial charge < -0.3 is 24.3 Å². The SMILES string of the molecule is CN(c1nc(-c2ccc(F)cc2)c(C#N)s1)c1c2cc(N3CCN(C(=O)N4CCOCC4)CC3)c(F)nc2nn1C1CC1. The van der Waals surface area contributed by atoms with Gasteiger partial charge in [-0.2, -0.15) is 19.7 Å². The Hall–Kier alpha value is -4.35. The van der Waals surface area contributed by atoms with Crippen molar-refractivity contribution >= 4 is 45.0 Å². The fourth-order valence-corrected chi connectivity index (χ4v) is 6.48. The van der Waals surface area contributed by atoms with Crippen molar-refractivity contribution < 1.29 is 18.3 Å². The molecule has 222 valence electrons. The molecule has 0 radical (unpaired) electrons. The largest absolute Gasteiger partial charge is 0.378 e. The Kier molecular flexibility index (Phi) is 7.06. The van der Waals surface area contributed by atoms with Crippen LogP contribution >= 0.6 is 11.3 Å². The van der Waals surface area contributed by atoms with Gasteiger partial charge in [0.05, 0.1) is 30.3 Å². The van der Waals surface area contributed by atoms with Crippen LogP contribution in [0.15, 0.2) is 30.3 Å². The smallest absolute Gasteiger partial charge is 0.320 e. The van der Waals surface area contributed by atoms with Gasteiger partial charge >= 0.3 is 6.03 Å². The summed E-state index contributed by atoms with van der Waals surface area (Å²) in [6, 6.07) is 10.1. The van der Waals surface area contributed by atoms with Crippen LogP contribution in [-0.2, 0) is 4.74 Å². The number of ether oxygens (including phenoxy) is 1. The lowest BCUT2D eigenvalue weighted by molar-refractivity contribution is 0.0428.